The van der Waals surface area contributed by atoms with Crippen LogP contribution in [0.3, 0.4) is 0 Å². The van der Waals surface area contributed by atoms with Crippen molar-refractivity contribution >= 4 is 46.3 Å². The number of nitrogens with one attached hydrogen (secondary N) is 2. The number of para-hydroxylation sites is 1. The van der Waals surface area contributed by atoms with Gasteiger partial charge in [0.2, 0.25) is 0 Å². The Hall–Kier alpha value is -1.52. The SMILES string of the molecule is CCNC(=NCC(c1ccccc1OC)N(C)C)NC1CCN(c2cccs2)CC1.I. The van der Waals surface area contributed by atoms with Gasteiger partial charge in [-0.25, -0.2) is 0 Å². The Balaban J connectivity index is 0.00000341. The Morgan fingerprint density at radius 1 is 1.23 bits per heavy atom. The number of piperidine rings is 1. The first-order valence-electron chi connectivity index (χ1n) is 10.7. The van der Waals surface area contributed by atoms with Gasteiger partial charge in [0.05, 0.1) is 24.7 Å². The number of guanidine groups is 1. The number of halogens is 1. The van der Waals surface area contributed by atoms with Gasteiger partial charge < -0.3 is 25.2 Å². The van der Waals surface area contributed by atoms with Crippen LogP contribution in [-0.2, 0) is 0 Å². The second-order valence-corrected chi connectivity index (χ2v) is 8.72. The molecule has 1 aromatic carbocycles. The van der Waals surface area contributed by atoms with E-state index in [0.717, 1.165) is 49.7 Å². The Morgan fingerprint density at radius 3 is 2.58 bits per heavy atom. The fraction of sp³-hybridized carbons (Fsp3) is 0.522. The van der Waals surface area contributed by atoms with Gasteiger partial charge in [-0.15, -0.1) is 35.3 Å². The Labute approximate surface area is 208 Å². The molecule has 2 aromatic rings. The van der Waals surface area contributed by atoms with Gasteiger partial charge in [-0.2, -0.15) is 0 Å². The van der Waals surface area contributed by atoms with Gasteiger partial charge in [0, 0.05) is 31.2 Å². The predicted molar refractivity (Wildman–Crippen MR) is 144 cm³/mol. The van der Waals surface area contributed by atoms with Crippen molar-refractivity contribution in [2.24, 2.45) is 4.99 Å². The molecule has 2 heterocycles. The Morgan fingerprint density at radius 2 is 1.97 bits per heavy atom. The largest absolute Gasteiger partial charge is 0.496 e. The molecule has 0 amide bonds. The number of hydrogen-bond donors (Lipinski definition) is 2. The van der Waals surface area contributed by atoms with Crippen molar-refractivity contribution in [2.75, 3.05) is 52.3 Å². The van der Waals surface area contributed by atoms with Crippen LogP contribution < -0.4 is 20.3 Å². The molecule has 1 aliphatic heterocycles. The van der Waals surface area contributed by atoms with Gasteiger partial charge in [0.1, 0.15) is 5.75 Å². The van der Waals surface area contributed by atoms with Gasteiger partial charge in [-0.1, -0.05) is 18.2 Å². The molecule has 172 valence electrons. The molecule has 3 rings (SSSR count). The van der Waals surface area contributed by atoms with Gasteiger partial charge >= 0.3 is 0 Å². The van der Waals surface area contributed by atoms with Crippen molar-refractivity contribution in [3.8, 4) is 5.75 Å². The maximum absolute atomic E-state index is 5.58. The summed E-state index contributed by atoms with van der Waals surface area (Å²) in [4.78, 5) is 9.62. The van der Waals surface area contributed by atoms with Crippen LogP contribution in [0, 0.1) is 0 Å². The van der Waals surface area contributed by atoms with E-state index in [-0.39, 0.29) is 30.0 Å². The first-order chi connectivity index (χ1) is 14.6. The summed E-state index contributed by atoms with van der Waals surface area (Å²) in [6.45, 7) is 5.79. The first kappa shape index (κ1) is 25.7. The van der Waals surface area contributed by atoms with Crippen LogP contribution >= 0.6 is 35.3 Å². The average molecular weight is 558 g/mol. The number of nitrogens with zero attached hydrogens (tertiary/aromatic N) is 3. The number of methoxy groups -OCH3 is 1. The maximum Gasteiger partial charge on any atom is 0.191 e. The van der Waals surface area contributed by atoms with Crippen LogP contribution in [-0.4, -0.2) is 64.3 Å². The van der Waals surface area contributed by atoms with Crippen LogP contribution in [0.25, 0.3) is 0 Å². The molecule has 0 bridgehead atoms. The summed E-state index contributed by atoms with van der Waals surface area (Å²) in [5, 5.41) is 10.6. The lowest BCUT2D eigenvalue weighted by atomic mass is 10.0. The molecule has 1 saturated heterocycles. The smallest absolute Gasteiger partial charge is 0.191 e. The first-order valence-corrected chi connectivity index (χ1v) is 11.6. The number of thiophene rings is 1. The van der Waals surface area contributed by atoms with Gasteiger partial charge in [-0.05, 0) is 57.4 Å². The summed E-state index contributed by atoms with van der Waals surface area (Å²) in [5.74, 6) is 1.80. The van der Waals surface area contributed by atoms with Gasteiger partial charge in [-0.3, -0.25) is 4.99 Å². The molecule has 6 nitrogen and oxygen atoms in total. The number of aliphatic imine (C=N–C) groups is 1. The molecule has 0 radical (unpaired) electrons. The molecule has 0 saturated carbocycles. The summed E-state index contributed by atoms with van der Waals surface area (Å²) in [6, 6.07) is 13.1. The number of hydrogen-bond acceptors (Lipinski definition) is 5. The van der Waals surface area contributed by atoms with E-state index in [1.54, 1.807) is 7.11 Å². The third-order valence-electron chi connectivity index (χ3n) is 5.54. The normalized spacial score (nSPS) is 16.0. The minimum absolute atomic E-state index is 0. The summed E-state index contributed by atoms with van der Waals surface area (Å²) >= 11 is 1.82. The van der Waals surface area contributed by atoms with Crippen LogP contribution in [0.4, 0.5) is 5.00 Å². The molecule has 8 heteroatoms. The van der Waals surface area contributed by atoms with Gasteiger partial charge in [0.15, 0.2) is 5.96 Å². The molecule has 0 aliphatic carbocycles. The van der Waals surface area contributed by atoms with Gasteiger partial charge in [0.25, 0.3) is 0 Å². The number of benzene rings is 1. The minimum atomic E-state index is 0. The maximum atomic E-state index is 5.58. The van der Waals surface area contributed by atoms with E-state index < -0.39 is 0 Å². The molecule has 31 heavy (non-hydrogen) atoms. The van der Waals surface area contributed by atoms with Crippen LogP contribution in [0.5, 0.6) is 5.75 Å². The number of ether oxygens (including phenoxy) is 1. The van der Waals surface area contributed by atoms with Crippen LogP contribution in [0.2, 0.25) is 0 Å². The van der Waals surface area contributed by atoms with Crippen molar-refractivity contribution in [2.45, 2.75) is 31.8 Å². The van der Waals surface area contributed by atoms with Crippen molar-refractivity contribution in [1.82, 2.24) is 15.5 Å². The van der Waals surface area contributed by atoms with Crippen molar-refractivity contribution in [1.29, 1.82) is 0 Å². The fourth-order valence-electron chi connectivity index (χ4n) is 3.87. The van der Waals surface area contributed by atoms with E-state index in [1.807, 2.05) is 23.5 Å². The molecule has 1 atom stereocenters. The molecular formula is C23H36IN5OS. The molecule has 1 aliphatic rings. The van der Waals surface area contributed by atoms with E-state index in [2.05, 4.69) is 71.1 Å². The van der Waals surface area contributed by atoms with Crippen molar-refractivity contribution < 1.29 is 4.74 Å². The Kier molecular flexibility index (Phi) is 10.9. The van der Waals surface area contributed by atoms with Crippen molar-refractivity contribution in [3.05, 3.63) is 47.3 Å². The van der Waals surface area contributed by atoms with Crippen LogP contribution in [0.15, 0.2) is 46.8 Å². The lowest BCUT2D eigenvalue weighted by molar-refractivity contribution is 0.295. The van der Waals surface area contributed by atoms with E-state index in [0.29, 0.717) is 12.6 Å². The van der Waals surface area contributed by atoms with E-state index in [4.69, 9.17) is 9.73 Å². The standard InChI is InChI=1S/C23H35N5OS.HI/c1-5-24-23(26-18-12-14-28(15-13-18)22-11-8-16-30-22)25-17-20(27(2)3)19-9-6-7-10-21(19)29-4;/h6-11,16,18,20H,5,12-15,17H2,1-4H3,(H2,24,25,26);1H. The second-order valence-electron chi connectivity index (χ2n) is 7.80. The number of anilines is 1. The lowest BCUT2D eigenvalue weighted by Crippen LogP contribution is -2.48. The zero-order chi connectivity index (χ0) is 21.3. The topological polar surface area (TPSA) is 52.1 Å². The third kappa shape index (κ3) is 7.25. The monoisotopic (exact) mass is 557 g/mol. The molecule has 2 N–H and O–H groups in total. The summed E-state index contributed by atoms with van der Waals surface area (Å²) in [6.07, 6.45) is 2.23. The van der Waals surface area contributed by atoms with Crippen LogP contribution in [0.1, 0.15) is 31.4 Å². The predicted octanol–water partition coefficient (Wildman–Crippen LogP) is 4.20. The quantitative estimate of drug-likeness (QED) is 0.290. The summed E-state index contributed by atoms with van der Waals surface area (Å²) in [7, 11) is 5.91. The number of likely N-dealkylation sites (N-methyl/N-ethyl adjacent to an activating group) is 1. The summed E-state index contributed by atoms with van der Waals surface area (Å²) in [5.41, 5.74) is 1.16. The highest BCUT2D eigenvalue weighted by atomic mass is 127. The highest BCUT2D eigenvalue weighted by molar-refractivity contribution is 14.0. The minimum Gasteiger partial charge on any atom is -0.496 e. The zero-order valence-corrected chi connectivity index (χ0v) is 22.2. The van der Waals surface area contributed by atoms with E-state index in [1.165, 1.54) is 5.00 Å². The van der Waals surface area contributed by atoms with Crippen molar-refractivity contribution in [3.63, 3.8) is 0 Å². The molecule has 1 unspecified atom stereocenters. The molecule has 1 aromatic heterocycles. The summed E-state index contributed by atoms with van der Waals surface area (Å²) < 4.78 is 5.58. The van der Waals surface area contributed by atoms with E-state index in [9.17, 15) is 0 Å². The average Bonchev–Trinajstić information content (AvgIpc) is 3.29. The Bertz CT molecular complexity index is 791. The highest BCUT2D eigenvalue weighted by Crippen LogP contribution is 2.28. The second kappa shape index (κ2) is 13.1. The number of rotatable bonds is 8. The molecular weight excluding hydrogens is 521 g/mol. The fourth-order valence-corrected chi connectivity index (χ4v) is 4.65. The zero-order valence-electron chi connectivity index (χ0n) is 19.0. The molecule has 1 fully saturated rings. The van der Waals surface area contributed by atoms with E-state index >= 15 is 0 Å². The lowest BCUT2D eigenvalue weighted by Gasteiger charge is -2.33. The third-order valence-corrected chi connectivity index (χ3v) is 6.47. The molecule has 0 spiro atoms. The highest BCUT2D eigenvalue weighted by Gasteiger charge is 2.22.